The fourth-order valence-corrected chi connectivity index (χ4v) is 6.60. The van der Waals surface area contributed by atoms with Crippen LogP contribution in [0.4, 0.5) is 0 Å². The van der Waals surface area contributed by atoms with Crippen molar-refractivity contribution in [2.75, 3.05) is 79.0 Å². The molecule has 0 aromatic carbocycles. The molecule has 1 N–H and O–H groups in total. The van der Waals surface area contributed by atoms with Gasteiger partial charge in [0.05, 0.1) is 4.34 Å². The van der Waals surface area contributed by atoms with Crippen LogP contribution in [0.25, 0.3) is 0 Å². The first-order valence-electron chi connectivity index (χ1n) is 10.0. The summed E-state index contributed by atoms with van der Waals surface area (Å²) in [5.74, 6) is 0.00973. The van der Waals surface area contributed by atoms with Gasteiger partial charge in [0.1, 0.15) is 4.21 Å². The second-order valence-electron chi connectivity index (χ2n) is 7.49. The summed E-state index contributed by atoms with van der Waals surface area (Å²) in [4.78, 5) is 18.9. The van der Waals surface area contributed by atoms with E-state index in [-0.39, 0.29) is 23.1 Å². The lowest BCUT2D eigenvalue weighted by Crippen LogP contribution is -2.49. The minimum absolute atomic E-state index is 0.00973. The van der Waals surface area contributed by atoms with Crippen molar-refractivity contribution in [1.29, 1.82) is 0 Å². The van der Waals surface area contributed by atoms with Gasteiger partial charge in [-0.1, -0.05) is 11.6 Å². The molecule has 1 amide bonds. The Morgan fingerprint density at radius 3 is 2.45 bits per heavy atom. The number of nitrogens with one attached hydrogen (secondary N) is 1. The van der Waals surface area contributed by atoms with Crippen molar-refractivity contribution in [2.24, 2.45) is 0 Å². The summed E-state index contributed by atoms with van der Waals surface area (Å²) in [6.07, 6.45) is 0.196. The first-order valence-corrected chi connectivity index (χ1v) is 12.6. The first-order chi connectivity index (χ1) is 13.9. The minimum atomic E-state index is -3.67. The molecule has 0 aliphatic carbocycles. The van der Waals surface area contributed by atoms with Crippen LogP contribution < -0.4 is 5.32 Å². The van der Waals surface area contributed by atoms with Crippen molar-refractivity contribution in [2.45, 2.75) is 10.6 Å². The molecule has 29 heavy (non-hydrogen) atoms. The number of rotatable bonds is 8. The Morgan fingerprint density at radius 1 is 1.14 bits per heavy atom. The molecular formula is C18H30ClN5O3S2. The lowest BCUT2D eigenvalue weighted by Gasteiger charge is -2.34. The average molecular weight is 464 g/mol. The highest BCUT2D eigenvalue weighted by molar-refractivity contribution is 7.91. The number of sulfonamides is 1. The Labute approximate surface area is 182 Å². The molecule has 0 saturated carbocycles. The lowest BCUT2D eigenvalue weighted by molar-refractivity contribution is -0.131. The summed E-state index contributed by atoms with van der Waals surface area (Å²) in [5.41, 5.74) is 0. The molecule has 2 aliphatic heterocycles. The topological polar surface area (TPSA) is 76.2 Å². The van der Waals surface area contributed by atoms with E-state index in [1.165, 1.54) is 4.31 Å². The van der Waals surface area contributed by atoms with Crippen LogP contribution in [-0.2, 0) is 14.8 Å². The molecule has 1 aromatic heterocycles. The minimum Gasteiger partial charge on any atom is -0.340 e. The zero-order valence-corrected chi connectivity index (χ0v) is 19.2. The van der Waals surface area contributed by atoms with Gasteiger partial charge in [0.2, 0.25) is 5.91 Å². The molecule has 2 aliphatic rings. The number of hydrogen-bond acceptors (Lipinski definition) is 7. The SMILES string of the molecule is CN1CCN(CCN(CCC(=O)N2CCNCC2)S(=O)(=O)c2ccc(Cl)s2)CC1. The summed E-state index contributed by atoms with van der Waals surface area (Å²) < 4.78 is 28.5. The number of piperazine rings is 2. The number of hydrogen-bond donors (Lipinski definition) is 1. The second-order valence-corrected chi connectivity index (χ2v) is 11.4. The molecule has 2 fully saturated rings. The molecule has 8 nitrogen and oxygen atoms in total. The van der Waals surface area contributed by atoms with Crippen LogP contribution in [0.5, 0.6) is 0 Å². The van der Waals surface area contributed by atoms with Crippen LogP contribution in [-0.4, -0.2) is 112 Å². The summed E-state index contributed by atoms with van der Waals surface area (Å²) in [7, 11) is -1.58. The van der Waals surface area contributed by atoms with E-state index in [4.69, 9.17) is 11.6 Å². The number of carbonyl (C=O) groups excluding carboxylic acids is 1. The molecule has 0 spiro atoms. The fraction of sp³-hybridized carbons (Fsp3) is 0.722. The van der Waals surface area contributed by atoms with E-state index in [9.17, 15) is 13.2 Å². The van der Waals surface area contributed by atoms with Gasteiger partial charge in [0.15, 0.2) is 0 Å². The predicted octanol–water partition coefficient (Wildman–Crippen LogP) is 0.462. The average Bonchev–Trinajstić information content (AvgIpc) is 3.17. The zero-order chi connectivity index (χ0) is 20.9. The van der Waals surface area contributed by atoms with Crippen molar-refractivity contribution in [3.05, 3.63) is 16.5 Å². The largest absolute Gasteiger partial charge is 0.340 e. The van der Waals surface area contributed by atoms with Crippen molar-refractivity contribution in [1.82, 2.24) is 24.3 Å². The summed E-state index contributed by atoms with van der Waals surface area (Å²) in [6, 6.07) is 3.15. The van der Waals surface area contributed by atoms with Crippen LogP contribution in [0.3, 0.4) is 0 Å². The molecule has 0 unspecified atom stereocenters. The Bertz CT molecular complexity index is 774. The molecule has 0 radical (unpaired) electrons. The van der Waals surface area contributed by atoms with Gasteiger partial charge in [-0.05, 0) is 19.2 Å². The van der Waals surface area contributed by atoms with Gasteiger partial charge >= 0.3 is 0 Å². The second kappa shape index (κ2) is 10.5. The standard InChI is InChI=1S/C18H30ClN5O3S2/c1-21-10-12-22(13-11-21)14-15-24(29(26,27)18-3-2-16(19)28-18)7-4-17(25)23-8-5-20-6-9-23/h2-3,20H,4-15H2,1H3. The highest BCUT2D eigenvalue weighted by Gasteiger charge is 2.28. The van der Waals surface area contributed by atoms with Gasteiger partial charge in [0.25, 0.3) is 10.0 Å². The van der Waals surface area contributed by atoms with E-state index in [1.54, 1.807) is 12.1 Å². The van der Waals surface area contributed by atoms with E-state index in [2.05, 4.69) is 22.2 Å². The van der Waals surface area contributed by atoms with Gasteiger partial charge in [-0.3, -0.25) is 9.69 Å². The van der Waals surface area contributed by atoms with Crippen molar-refractivity contribution in [3.8, 4) is 0 Å². The van der Waals surface area contributed by atoms with Crippen molar-refractivity contribution in [3.63, 3.8) is 0 Å². The predicted molar refractivity (Wildman–Crippen MR) is 116 cm³/mol. The third kappa shape index (κ3) is 6.36. The third-order valence-corrected chi connectivity index (χ3v) is 9.05. The highest BCUT2D eigenvalue weighted by atomic mass is 35.5. The molecular weight excluding hydrogens is 434 g/mol. The van der Waals surface area contributed by atoms with Crippen LogP contribution in [0.1, 0.15) is 6.42 Å². The Balaban J connectivity index is 1.64. The monoisotopic (exact) mass is 463 g/mol. The maximum absolute atomic E-state index is 13.2. The van der Waals surface area contributed by atoms with Gasteiger partial charge in [0, 0.05) is 78.4 Å². The van der Waals surface area contributed by atoms with Crippen LogP contribution in [0, 0.1) is 0 Å². The summed E-state index contributed by atoms with van der Waals surface area (Å²) in [5, 5.41) is 3.22. The maximum Gasteiger partial charge on any atom is 0.252 e. The summed E-state index contributed by atoms with van der Waals surface area (Å²) >= 11 is 7.03. The summed E-state index contributed by atoms with van der Waals surface area (Å²) in [6.45, 7) is 7.95. The molecule has 0 bridgehead atoms. The Morgan fingerprint density at radius 2 is 1.83 bits per heavy atom. The van der Waals surface area contributed by atoms with Crippen LogP contribution in [0.15, 0.2) is 16.3 Å². The number of likely N-dealkylation sites (N-methyl/N-ethyl adjacent to an activating group) is 1. The number of carbonyl (C=O) groups is 1. The van der Waals surface area contributed by atoms with Crippen LogP contribution >= 0.6 is 22.9 Å². The van der Waals surface area contributed by atoms with Gasteiger partial charge in [-0.25, -0.2) is 8.42 Å². The van der Waals surface area contributed by atoms with E-state index in [1.807, 2.05) is 4.90 Å². The Kier molecular flexibility index (Phi) is 8.32. The van der Waals surface area contributed by atoms with Crippen molar-refractivity contribution < 1.29 is 13.2 Å². The van der Waals surface area contributed by atoms with Gasteiger partial charge < -0.3 is 15.1 Å². The smallest absolute Gasteiger partial charge is 0.252 e. The van der Waals surface area contributed by atoms with E-state index in [0.717, 1.165) is 50.6 Å². The van der Waals surface area contributed by atoms with Crippen LogP contribution in [0.2, 0.25) is 4.34 Å². The lowest BCUT2D eigenvalue weighted by atomic mass is 10.3. The van der Waals surface area contributed by atoms with E-state index < -0.39 is 10.0 Å². The molecule has 2 saturated heterocycles. The van der Waals surface area contributed by atoms with Crippen molar-refractivity contribution >= 4 is 38.9 Å². The molecule has 3 rings (SSSR count). The normalized spacial score (nSPS) is 19.8. The maximum atomic E-state index is 13.2. The van der Waals surface area contributed by atoms with Gasteiger partial charge in [-0.2, -0.15) is 4.31 Å². The zero-order valence-electron chi connectivity index (χ0n) is 16.8. The number of halogens is 1. The first kappa shape index (κ1) is 22.9. The molecule has 0 atom stereocenters. The van der Waals surface area contributed by atoms with E-state index >= 15 is 0 Å². The molecule has 1 aromatic rings. The third-order valence-electron chi connectivity index (χ3n) is 5.45. The quantitative estimate of drug-likeness (QED) is 0.603. The molecule has 3 heterocycles. The molecule has 11 heteroatoms. The number of nitrogens with zero attached hydrogens (tertiary/aromatic N) is 4. The number of amides is 1. The molecule has 164 valence electrons. The van der Waals surface area contributed by atoms with E-state index in [0.29, 0.717) is 30.5 Å². The van der Waals surface area contributed by atoms with Gasteiger partial charge in [-0.15, -0.1) is 11.3 Å². The number of thiophene rings is 1. The Hall–Kier alpha value is -0.750. The highest BCUT2D eigenvalue weighted by Crippen LogP contribution is 2.28. The fourth-order valence-electron chi connectivity index (χ4n) is 3.53.